The number of hydrogen-bond acceptors (Lipinski definition) is 7. The second-order valence-corrected chi connectivity index (χ2v) is 13.8. The van der Waals surface area contributed by atoms with Crippen LogP contribution in [0.25, 0.3) is 0 Å². The van der Waals surface area contributed by atoms with E-state index in [1.807, 2.05) is 60.7 Å². The molecule has 1 atom stereocenters. The third-order valence-corrected chi connectivity index (χ3v) is 10.4. The zero-order valence-electron chi connectivity index (χ0n) is 23.2. The molecule has 0 aromatic heterocycles. The summed E-state index contributed by atoms with van der Waals surface area (Å²) in [7, 11) is -3.37. The molecule has 0 aliphatic carbocycles. The maximum atomic E-state index is 13.3. The first-order valence-corrected chi connectivity index (χ1v) is 16.0. The Kier molecular flexibility index (Phi) is 7.30. The zero-order valence-corrected chi connectivity index (χ0v) is 24.0. The fraction of sp³-hybridized carbons (Fsp3) is 0.406. The molecule has 2 N–H and O–H groups in total. The molecule has 3 aromatic rings. The van der Waals surface area contributed by atoms with Gasteiger partial charge in [0.1, 0.15) is 17.7 Å². The van der Waals surface area contributed by atoms with Crippen LogP contribution in [0.5, 0.6) is 5.75 Å². The average molecular weight is 577 g/mol. The standard InChI is InChI=1S/C32H36N2O6S/c1-41(37,38)30-32(14-16-33-17-15-32)27-4-2-3-5-28(27)34(30)19-23-6-8-24(9-7-23)20-40-26-12-10-25(11-13-26)31(18-29(35)36)21-39-22-31/h2-13,30,33H,14-22H2,1H3,(H,35,36). The Balaban J connectivity index is 1.15. The second kappa shape index (κ2) is 10.8. The number of carboxylic acids is 1. The van der Waals surface area contributed by atoms with Gasteiger partial charge in [0.05, 0.1) is 25.0 Å². The van der Waals surface area contributed by atoms with Crippen LogP contribution in [0.2, 0.25) is 0 Å². The Morgan fingerprint density at radius 1 is 1.00 bits per heavy atom. The molecule has 3 heterocycles. The van der Waals surface area contributed by atoms with Crippen molar-refractivity contribution in [1.82, 2.24) is 5.32 Å². The Morgan fingerprint density at radius 3 is 2.27 bits per heavy atom. The van der Waals surface area contributed by atoms with E-state index in [1.54, 1.807) is 0 Å². The van der Waals surface area contributed by atoms with E-state index in [2.05, 4.69) is 22.3 Å². The van der Waals surface area contributed by atoms with Crippen molar-refractivity contribution in [3.8, 4) is 5.75 Å². The fourth-order valence-corrected chi connectivity index (χ4v) is 8.75. The van der Waals surface area contributed by atoms with Crippen molar-refractivity contribution in [1.29, 1.82) is 0 Å². The highest BCUT2D eigenvalue weighted by Gasteiger charge is 2.55. The van der Waals surface area contributed by atoms with Crippen LogP contribution in [-0.4, -0.2) is 57.4 Å². The summed E-state index contributed by atoms with van der Waals surface area (Å²) in [4.78, 5) is 13.4. The smallest absolute Gasteiger partial charge is 0.304 e. The van der Waals surface area contributed by atoms with Crippen molar-refractivity contribution in [2.45, 2.75) is 48.6 Å². The molecule has 8 nitrogen and oxygen atoms in total. The number of fused-ring (bicyclic) bond motifs is 2. The molecule has 2 saturated heterocycles. The van der Waals surface area contributed by atoms with Crippen molar-refractivity contribution in [2.24, 2.45) is 0 Å². The molecular formula is C32H36N2O6S. The van der Waals surface area contributed by atoms with Crippen molar-refractivity contribution in [3.05, 3.63) is 95.1 Å². The van der Waals surface area contributed by atoms with Gasteiger partial charge in [0.25, 0.3) is 0 Å². The molecule has 3 aliphatic rings. The summed E-state index contributed by atoms with van der Waals surface area (Å²) in [6.07, 6.45) is 3.01. The number of carboxylic acid groups (broad SMARTS) is 1. The SMILES string of the molecule is CS(=O)(=O)C1N(Cc2ccc(COc3ccc(C4(CC(=O)O)COC4)cc3)cc2)c2ccccc2C12CCNCC2. The maximum absolute atomic E-state index is 13.3. The lowest BCUT2D eigenvalue weighted by Gasteiger charge is -2.41. The number of nitrogens with one attached hydrogen (secondary N) is 1. The first-order valence-electron chi connectivity index (χ1n) is 14.1. The van der Waals surface area contributed by atoms with E-state index in [9.17, 15) is 18.3 Å². The van der Waals surface area contributed by atoms with Crippen molar-refractivity contribution < 1.29 is 27.8 Å². The number of ether oxygens (including phenoxy) is 2. The maximum Gasteiger partial charge on any atom is 0.304 e. The van der Waals surface area contributed by atoms with Gasteiger partial charge >= 0.3 is 5.97 Å². The topological polar surface area (TPSA) is 105 Å². The van der Waals surface area contributed by atoms with Crippen molar-refractivity contribution in [2.75, 3.05) is 37.5 Å². The van der Waals surface area contributed by atoms with E-state index in [4.69, 9.17) is 9.47 Å². The molecule has 3 aromatic carbocycles. The lowest BCUT2D eigenvalue weighted by atomic mass is 9.74. The van der Waals surface area contributed by atoms with Crippen LogP contribution in [0.4, 0.5) is 5.69 Å². The summed E-state index contributed by atoms with van der Waals surface area (Å²) in [5.74, 6) is -0.121. The molecule has 1 spiro atoms. The first kappa shape index (κ1) is 27.8. The minimum atomic E-state index is -3.37. The quantitative estimate of drug-likeness (QED) is 0.394. The van der Waals surface area contributed by atoms with Gasteiger partial charge in [-0.1, -0.05) is 54.6 Å². The molecule has 6 rings (SSSR count). The van der Waals surface area contributed by atoms with Gasteiger partial charge in [0.15, 0.2) is 9.84 Å². The van der Waals surface area contributed by atoms with Gasteiger partial charge < -0.3 is 24.8 Å². The molecule has 0 saturated carbocycles. The Hall–Kier alpha value is -3.40. The third kappa shape index (κ3) is 5.22. The zero-order chi connectivity index (χ0) is 28.7. The highest BCUT2D eigenvalue weighted by atomic mass is 32.2. The van der Waals surface area contributed by atoms with E-state index in [0.717, 1.165) is 53.9 Å². The summed E-state index contributed by atoms with van der Waals surface area (Å²) in [6.45, 7) is 3.34. The molecule has 2 fully saturated rings. The summed E-state index contributed by atoms with van der Waals surface area (Å²) < 4.78 is 37.9. The van der Waals surface area contributed by atoms with Gasteiger partial charge in [0, 0.05) is 23.9 Å². The predicted octanol–water partition coefficient (Wildman–Crippen LogP) is 4.02. The molecule has 0 radical (unpaired) electrons. The third-order valence-electron chi connectivity index (χ3n) is 8.90. The monoisotopic (exact) mass is 576 g/mol. The molecule has 3 aliphatic heterocycles. The number of piperidine rings is 1. The van der Waals surface area contributed by atoms with Crippen LogP contribution in [0.3, 0.4) is 0 Å². The number of para-hydroxylation sites is 1. The minimum Gasteiger partial charge on any atom is -0.489 e. The van der Waals surface area contributed by atoms with Crippen LogP contribution >= 0.6 is 0 Å². The molecule has 41 heavy (non-hydrogen) atoms. The highest BCUT2D eigenvalue weighted by Crippen LogP contribution is 2.52. The summed E-state index contributed by atoms with van der Waals surface area (Å²) in [5.41, 5.74) is 4.29. The Morgan fingerprint density at radius 2 is 1.66 bits per heavy atom. The second-order valence-electron chi connectivity index (χ2n) is 11.7. The minimum absolute atomic E-state index is 0.0473. The van der Waals surface area contributed by atoms with E-state index in [-0.39, 0.29) is 6.42 Å². The van der Waals surface area contributed by atoms with Crippen molar-refractivity contribution in [3.63, 3.8) is 0 Å². The molecule has 1 unspecified atom stereocenters. The number of rotatable bonds is 9. The normalized spacial score (nSPS) is 20.8. The van der Waals surface area contributed by atoms with Gasteiger partial charge in [-0.15, -0.1) is 0 Å². The number of carbonyl (C=O) groups is 1. The Labute approximate surface area is 241 Å². The van der Waals surface area contributed by atoms with Crippen LogP contribution < -0.4 is 15.0 Å². The molecule has 9 heteroatoms. The van der Waals surface area contributed by atoms with Crippen LogP contribution in [-0.2, 0) is 43.4 Å². The van der Waals surface area contributed by atoms with E-state index < -0.39 is 32.0 Å². The number of hydrogen-bond donors (Lipinski definition) is 2. The number of aliphatic carboxylic acids is 1. The summed E-state index contributed by atoms with van der Waals surface area (Å²) in [5, 5.41) is 12.1. The molecule has 0 bridgehead atoms. The largest absolute Gasteiger partial charge is 0.489 e. The number of sulfone groups is 1. The van der Waals surface area contributed by atoms with Crippen LogP contribution in [0, 0.1) is 0 Å². The van der Waals surface area contributed by atoms with Gasteiger partial charge in [0.2, 0.25) is 0 Å². The Bertz CT molecular complexity index is 1510. The number of benzene rings is 3. The number of nitrogens with zero attached hydrogens (tertiary/aromatic N) is 1. The first-order chi connectivity index (χ1) is 19.7. The predicted molar refractivity (Wildman–Crippen MR) is 157 cm³/mol. The summed E-state index contributed by atoms with van der Waals surface area (Å²) in [6, 6.07) is 23.9. The lowest BCUT2D eigenvalue weighted by Crippen LogP contribution is -2.53. The number of anilines is 1. The molecular weight excluding hydrogens is 540 g/mol. The fourth-order valence-electron chi connectivity index (χ4n) is 6.92. The lowest BCUT2D eigenvalue weighted by molar-refractivity contribution is -0.145. The molecule has 0 amide bonds. The van der Waals surface area contributed by atoms with Crippen LogP contribution in [0.1, 0.15) is 41.5 Å². The summed E-state index contributed by atoms with van der Waals surface area (Å²) >= 11 is 0. The van der Waals surface area contributed by atoms with Gasteiger partial charge in [-0.25, -0.2) is 8.42 Å². The van der Waals surface area contributed by atoms with E-state index in [1.165, 1.54) is 6.26 Å². The van der Waals surface area contributed by atoms with Crippen molar-refractivity contribution >= 4 is 21.5 Å². The molecule has 216 valence electrons. The van der Waals surface area contributed by atoms with Gasteiger partial charge in [-0.2, -0.15) is 0 Å². The van der Waals surface area contributed by atoms with E-state index >= 15 is 0 Å². The van der Waals surface area contributed by atoms with Crippen LogP contribution in [0.15, 0.2) is 72.8 Å². The van der Waals surface area contributed by atoms with Gasteiger partial charge in [-0.05, 0) is 66.4 Å². The van der Waals surface area contributed by atoms with E-state index in [0.29, 0.717) is 32.1 Å². The van der Waals surface area contributed by atoms with Gasteiger partial charge in [-0.3, -0.25) is 4.79 Å². The average Bonchev–Trinajstić information content (AvgIpc) is 3.20. The highest BCUT2D eigenvalue weighted by molar-refractivity contribution is 7.91.